The predicted octanol–water partition coefficient (Wildman–Crippen LogP) is 4.02. The van der Waals surface area contributed by atoms with Crippen LogP contribution in [0.25, 0.3) is 21.2 Å². The fourth-order valence-corrected chi connectivity index (χ4v) is 4.81. The van der Waals surface area contributed by atoms with Crippen LogP contribution in [-0.4, -0.2) is 56.2 Å². The molecule has 5 rings (SSSR count). The van der Waals surface area contributed by atoms with E-state index in [0.29, 0.717) is 30.2 Å². The molecule has 0 atom stereocenters. The maximum Gasteiger partial charge on any atom is 0.289 e. The standard InChI is InChI=1S/C22H21N3O4S/c1-27-15-6-4-8-18-19(15)23-22(30-18)25-11-9-24(10-12-25)21(26)17-13-14-5-3-7-16(28-2)20(14)29-17/h3-8,13H,9-12H2,1-2H3. The van der Waals surface area contributed by atoms with E-state index in [9.17, 15) is 4.79 Å². The van der Waals surface area contributed by atoms with Crippen LogP contribution in [0.3, 0.4) is 0 Å². The van der Waals surface area contributed by atoms with Crippen LogP contribution in [0.15, 0.2) is 46.9 Å². The van der Waals surface area contributed by atoms with Crippen molar-refractivity contribution in [2.24, 2.45) is 0 Å². The highest BCUT2D eigenvalue weighted by molar-refractivity contribution is 7.22. The van der Waals surface area contributed by atoms with Crippen LogP contribution in [0, 0.1) is 0 Å². The van der Waals surface area contributed by atoms with Gasteiger partial charge in [-0.15, -0.1) is 0 Å². The molecule has 0 unspecified atom stereocenters. The molecule has 0 radical (unpaired) electrons. The molecule has 1 saturated heterocycles. The maximum atomic E-state index is 13.0. The van der Waals surface area contributed by atoms with Crippen LogP contribution < -0.4 is 14.4 Å². The zero-order valence-corrected chi connectivity index (χ0v) is 17.6. The van der Waals surface area contributed by atoms with Crippen molar-refractivity contribution in [3.8, 4) is 11.5 Å². The van der Waals surface area contributed by atoms with E-state index >= 15 is 0 Å². The summed E-state index contributed by atoms with van der Waals surface area (Å²) in [5.74, 6) is 1.65. The van der Waals surface area contributed by atoms with E-state index in [1.54, 1.807) is 31.6 Å². The first-order valence-electron chi connectivity index (χ1n) is 9.72. The van der Waals surface area contributed by atoms with Crippen molar-refractivity contribution < 1.29 is 18.7 Å². The number of methoxy groups -OCH3 is 2. The number of carbonyl (C=O) groups excluding carboxylic acids is 1. The van der Waals surface area contributed by atoms with E-state index in [2.05, 4.69) is 11.0 Å². The lowest BCUT2D eigenvalue weighted by Gasteiger charge is -2.34. The van der Waals surface area contributed by atoms with Crippen LogP contribution >= 0.6 is 11.3 Å². The van der Waals surface area contributed by atoms with E-state index in [1.165, 1.54) is 0 Å². The molecule has 1 amide bonds. The Kier molecular flexibility index (Phi) is 4.71. The lowest BCUT2D eigenvalue weighted by molar-refractivity contribution is 0.0717. The smallest absolute Gasteiger partial charge is 0.289 e. The van der Waals surface area contributed by atoms with Crippen molar-refractivity contribution >= 4 is 43.6 Å². The van der Waals surface area contributed by atoms with Crippen LogP contribution in [0.1, 0.15) is 10.6 Å². The van der Waals surface area contributed by atoms with Gasteiger partial charge in [-0.05, 0) is 24.3 Å². The molecule has 1 fully saturated rings. The van der Waals surface area contributed by atoms with E-state index < -0.39 is 0 Å². The van der Waals surface area contributed by atoms with Gasteiger partial charge in [0.15, 0.2) is 22.2 Å². The number of hydrogen-bond donors (Lipinski definition) is 0. The summed E-state index contributed by atoms with van der Waals surface area (Å²) in [5.41, 5.74) is 1.49. The molecule has 7 nitrogen and oxygen atoms in total. The van der Waals surface area contributed by atoms with Gasteiger partial charge in [0.2, 0.25) is 0 Å². The number of ether oxygens (including phenoxy) is 2. The summed E-state index contributed by atoms with van der Waals surface area (Å²) in [6, 6.07) is 13.4. The van der Waals surface area contributed by atoms with Gasteiger partial charge in [0.1, 0.15) is 11.3 Å². The second-order valence-corrected chi connectivity index (χ2v) is 8.08. The Morgan fingerprint density at radius 3 is 2.53 bits per heavy atom. The highest BCUT2D eigenvalue weighted by atomic mass is 32.1. The summed E-state index contributed by atoms with van der Waals surface area (Å²) in [6.07, 6.45) is 0. The van der Waals surface area contributed by atoms with Crippen molar-refractivity contribution in [2.75, 3.05) is 45.3 Å². The van der Waals surface area contributed by atoms with Gasteiger partial charge in [-0.25, -0.2) is 4.98 Å². The summed E-state index contributed by atoms with van der Waals surface area (Å²) in [4.78, 5) is 21.8. The minimum Gasteiger partial charge on any atom is -0.494 e. The highest BCUT2D eigenvalue weighted by Crippen LogP contribution is 2.34. The molecule has 8 heteroatoms. The third-order valence-electron chi connectivity index (χ3n) is 5.37. The first-order chi connectivity index (χ1) is 14.7. The van der Waals surface area contributed by atoms with Gasteiger partial charge in [-0.2, -0.15) is 0 Å². The number of furan rings is 1. The van der Waals surface area contributed by atoms with Crippen molar-refractivity contribution in [1.29, 1.82) is 0 Å². The SMILES string of the molecule is COc1cccc2sc(N3CCN(C(=O)c4cc5cccc(OC)c5o4)CC3)nc12. The Bertz CT molecular complexity index is 1220. The molecule has 2 aromatic heterocycles. The molecule has 1 aliphatic rings. The molecule has 0 N–H and O–H groups in total. The molecular weight excluding hydrogens is 402 g/mol. The summed E-state index contributed by atoms with van der Waals surface area (Å²) in [5, 5.41) is 1.81. The number of hydrogen-bond acceptors (Lipinski definition) is 7. The second-order valence-electron chi connectivity index (χ2n) is 7.07. The number of benzene rings is 2. The molecule has 154 valence electrons. The molecule has 0 spiro atoms. The summed E-state index contributed by atoms with van der Waals surface area (Å²) in [6.45, 7) is 2.66. The minimum atomic E-state index is -0.0983. The number of anilines is 1. The van der Waals surface area contributed by atoms with Crippen molar-refractivity contribution in [2.45, 2.75) is 0 Å². The van der Waals surface area contributed by atoms with Gasteiger partial charge < -0.3 is 23.7 Å². The van der Waals surface area contributed by atoms with E-state index in [-0.39, 0.29) is 5.91 Å². The van der Waals surface area contributed by atoms with Gasteiger partial charge >= 0.3 is 0 Å². The lowest BCUT2D eigenvalue weighted by Crippen LogP contribution is -2.48. The Morgan fingerprint density at radius 2 is 1.77 bits per heavy atom. The Morgan fingerprint density at radius 1 is 1.03 bits per heavy atom. The maximum absolute atomic E-state index is 13.0. The fraction of sp³-hybridized carbons (Fsp3) is 0.273. The largest absolute Gasteiger partial charge is 0.494 e. The van der Waals surface area contributed by atoms with Gasteiger partial charge in [0.25, 0.3) is 5.91 Å². The molecule has 30 heavy (non-hydrogen) atoms. The fourth-order valence-electron chi connectivity index (χ4n) is 3.77. The zero-order chi connectivity index (χ0) is 20.7. The van der Waals surface area contributed by atoms with Crippen LogP contribution in [0.5, 0.6) is 11.5 Å². The number of amides is 1. The Hall–Kier alpha value is -3.26. The van der Waals surface area contributed by atoms with E-state index in [4.69, 9.17) is 18.9 Å². The minimum absolute atomic E-state index is 0.0983. The Balaban J connectivity index is 1.32. The van der Waals surface area contributed by atoms with Gasteiger partial charge in [0, 0.05) is 31.6 Å². The summed E-state index contributed by atoms with van der Waals surface area (Å²) in [7, 11) is 3.25. The number of piperazine rings is 1. The molecule has 2 aromatic carbocycles. The number of carbonyl (C=O) groups is 1. The first-order valence-corrected chi connectivity index (χ1v) is 10.5. The topological polar surface area (TPSA) is 68.0 Å². The lowest BCUT2D eigenvalue weighted by atomic mass is 10.2. The predicted molar refractivity (Wildman–Crippen MR) is 117 cm³/mol. The number of para-hydroxylation sites is 2. The molecule has 4 aromatic rings. The first kappa shape index (κ1) is 18.7. The zero-order valence-electron chi connectivity index (χ0n) is 16.8. The number of thiazole rings is 1. The molecular formula is C22H21N3O4S. The third kappa shape index (κ3) is 3.13. The number of fused-ring (bicyclic) bond motifs is 2. The molecule has 3 heterocycles. The van der Waals surface area contributed by atoms with Gasteiger partial charge in [0.05, 0.1) is 18.9 Å². The second kappa shape index (κ2) is 7.53. The van der Waals surface area contributed by atoms with Crippen molar-refractivity contribution in [1.82, 2.24) is 9.88 Å². The normalized spacial score (nSPS) is 14.5. The monoisotopic (exact) mass is 423 g/mol. The highest BCUT2D eigenvalue weighted by Gasteiger charge is 2.26. The van der Waals surface area contributed by atoms with Crippen LogP contribution in [-0.2, 0) is 0 Å². The van der Waals surface area contributed by atoms with Crippen molar-refractivity contribution in [3.63, 3.8) is 0 Å². The van der Waals surface area contributed by atoms with E-state index in [1.807, 2.05) is 35.2 Å². The van der Waals surface area contributed by atoms with Crippen molar-refractivity contribution in [3.05, 3.63) is 48.2 Å². The average Bonchev–Trinajstić information content (AvgIpc) is 3.42. The Labute approximate surface area is 177 Å². The molecule has 1 aliphatic heterocycles. The third-order valence-corrected chi connectivity index (χ3v) is 6.45. The van der Waals surface area contributed by atoms with Crippen LogP contribution in [0.4, 0.5) is 5.13 Å². The number of rotatable bonds is 4. The molecule has 0 saturated carbocycles. The van der Waals surface area contributed by atoms with Gasteiger partial charge in [-0.1, -0.05) is 29.5 Å². The summed E-state index contributed by atoms with van der Waals surface area (Å²) < 4.78 is 17.7. The number of aromatic nitrogens is 1. The average molecular weight is 423 g/mol. The van der Waals surface area contributed by atoms with E-state index in [0.717, 1.165) is 39.6 Å². The number of nitrogens with zero attached hydrogens (tertiary/aromatic N) is 3. The molecule has 0 aliphatic carbocycles. The molecule has 0 bridgehead atoms. The quantitative estimate of drug-likeness (QED) is 0.494. The van der Waals surface area contributed by atoms with Crippen LogP contribution in [0.2, 0.25) is 0 Å². The summed E-state index contributed by atoms with van der Waals surface area (Å²) >= 11 is 1.65. The van der Waals surface area contributed by atoms with Gasteiger partial charge in [-0.3, -0.25) is 4.79 Å².